The summed E-state index contributed by atoms with van der Waals surface area (Å²) in [5, 5.41) is 0. The van der Waals surface area contributed by atoms with Gasteiger partial charge in [0.25, 0.3) is 0 Å². The molecule has 0 unspecified atom stereocenters. The standard InChI is InChI=1S/C12H20N2O4S/c1-5-14(6-2)19(16,17)10-7-11(13-8-10)12(15)18-9(3)4/h7-9,13H,5-6H2,1-4H3. The summed E-state index contributed by atoms with van der Waals surface area (Å²) in [6.07, 6.45) is 1.06. The molecule has 1 heterocycles. The summed E-state index contributed by atoms with van der Waals surface area (Å²) in [6, 6.07) is 1.30. The van der Waals surface area contributed by atoms with Gasteiger partial charge in [0.2, 0.25) is 10.0 Å². The molecule has 0 aliphatic rings. The van der Waals surface area contributed by atoms with Crippen molar-refractivity contribution in [2.45, 2.75) is 38.7 Å². The van der Waals surface area contributed by atoms with Crippen molar-refractivity contribution >= 4 is 16.0 Å². The van der Waals surface area contributed by atoms with Crippen molar-refractivity contribution in [3.63, 3.8) is 0 Å². The van der Waals surface area contributed by atoms with E-state index < -0.39 is 16.0 Å². The number of carbonyl (C=O) groups excluding carboxylic acids is 1. The second-order valence-corrected chi connectivity index (χ2v) is 6.23. The molecule has 0 aliphatic heterocycles. The molecule has 0 saturated heterocycles. The molecule has 1 N–H and O–H groups in total. The summed E-state index contributed by atoms with van der Waals surface area (Å²) >= 11 is 0. The third-order valence-electron chi connectivity index (χ3n) is 2.56. The maximum atomic E-state index is 12.2. The number of hydrogen-bond acceptors (Lipinski definition) is 4. The first-order chi connectivity index (χ1) is 8.82. The molecular formula is C12H20N2O4S. The normalized spacial score (nSPS) is 12.1. The molecule has 1 aromatic heterocycles. The molecular weight excluding hydrogens is 268 g/mol. The van der Waals surface area contributed by atoms with Gasteiger partial charge in [0.1, 0.15) is 10.6 Å². The monoisotopic (exact) mass is 288 g/mol. The zero-order valence-corrected chi connectivity index (χ0v) is 12.5. The van der Waals surface area contributed by atoms with E-state index in [4.69, 9.17) is 4.74 Å². The van der Waals surface area contributed by atoms with Crippen LogP contribution in [0.3, 0.4) is 0 Å². The second kappa shape index (κ2) is 6.21. The molecule has 0 amide bonds. The van der Waals surface area contributed by atoms with E-state index in [0.717, 1.165) is 0 Å². The van der Waals surface area contributed by atoms with Crippen LogP contribution in [-0.4, -0.2) is 42.9 Å². The number of nitrogens with zero attached hydrogens (tertiary/aromatic N) is 1. The van der Waals surface area contributed by atoms with Gasteiger partial charge in [0, 0.05) is 19.3 Å². The summed E-state index contributed by atoms with van der Waals surface area (Å²) in [6.45, 7) is 7.76. The number of rotatable bonds is 6. The zero-order chi connectivity index (χ0) is 14.6. The third-order valence-corrected chi connectivity index (χ3v) is 4.59. The number of aromatic amines is 1. The molecule has 7 heteroatoms. The number of aromatic nitrogens is 1. The van der Waals surface area contributed by atoms with E-state index in [-0.39, 0.29) is 16.7 Å². The number of esters is 1. The van der Waals surface area contributed by atoms with Crippen LogP contribution in [0.2, 0.25) is 0 Å². The number of sulfonamides is 1. The number of hydrogen-bond donors (Lipinski definition) is 1. The lowest BCUT2D eigenvalue weighted by Crippen LogP contribution is -2.30. The molecule has 0 bridgehead atoms. The fourth-order valence-corrected chi connectivity index (χ4v) is 3.08. The molecule has 108 valence electrons. The molecule has 0 aromatic carbocycles. The lowest BCUT2D eigenvalue weighted by Gasteiger charge is -2.16. The Morgan fingerprint density at radius 3 is 2.42 bits per heavy atom. The molecule has 0 aliphatic carbocycles. The summed E-state index contributed by atoms with van der Waals surface area (Å²) in [5.74, 6) is -0.559. The highest BCUT2D eigenvalue weighted by Crippen LogP contribution is 2.17. The first-order valence-corrected chi connectivity index (χ1v) is 7.66. The topological polar surface area (TPSA) is 79.5 Å². The zero-order valence-electron chi connectivity index (χ0n) is 11.6. The van der Waals surface area contributed by atoms with Crippen LogP contribution in [0.4, 0.5) is 0 Å². The Labute approximate surface area is 113 Å². The van der Waals surface area contributed by atoms with Crippen LogP contribution in [0.25, 0.3) is 0 Å². The summed E-state index contributed by atoms with van der Waals surface area (Å²) in [5.41, 5.74) is 0.138. The third kappa shape index (κ3) is 3.57. The minimum atomic E-state index is -3.55. The molecule has 6 nitrogen and oxygen atoms in total. The largest absolute Gasteiger partial charge is 0.458 e. The molecule has 19 heavy (non-hydrogen) atoms. The minimum absolute atomic E-state index is 0.0758. The highest BCUT2D eigenvalue weighted by Gasteiger charge is 2.24. The van der Waals surface area contributed by atoms with E-state index >= 15 is 0 Å². The van der Waals surface area contributed by atoms with Crippen molar-refractivity contribution in [2.24, 2.45) is 0 Å². The van der Waals surface area contributed by atoms with Crippen molar-refractivity contribution in [2.75, 3.05) is 13.1 Å². The first kappa shape index (κ1) is 15.7. The number of nitrogens with one attached hydrogen (secondary N) is 1. The lowest BCUT2D eigenvalue weighted by atomic mass is 10.4. The number of H-pyrrole nitrogens is 1. The molecule has 0 spiro atoms. The van der Waals surface area contributed by atoms with E-state index in [0.29, 0.717) is 13.1 Å². The SMILES string of the molecule is CCN(CC)S(=O)(=O)c1c[nH]c(C(=O)OC(C)C)c1. The predicted molar refractivity (Wildman–Crippen MR) is 71.5 cm³/mol. The van der Waals surface area contributed by atoms with Gasteiger partial charge < -0.3 is 9.72 Å². The maximum absolute atomic E-state index is 12.2. The Bertz CT molecular complexity index is 530. The van der Waals surface area contributed by atoms with Gasteiger partial charge in [0.05, 0.1) is 6.10 Å². The first-order valence-electron chi connectivity index (χ1n) is 6.22. The minimum Gasteiger partial charge on any atom is -0.458 e. The van der Waals surface area contributed by atoms with Gasteiger partial charge in [-0.15, -0.1) is 0 Å². The van der Waals surface area contributed by atoms with Gasteiger partial charge in [-0.3, -0.25) is 0 Å². The van der Waals surface area contributed by atoms with Crippen molar-refractivity contribution in [1.82, 2.24) is 9.29 Å². The Morgan fingerprint density at radius 2 is 1.95 bits per heavy atom. The fourth-order valence-electron chi connectivity index (χ4n) is 1.63. The smallest absolute Gasteiger partial charge is 0.355 e. The Balaban J connectivity index is 2.99. The summed E-state index contributed by atoms with van der Waals surface area (Å²) < 4.78 is 30.7. The van der Waals surface area contributed by atoms with E-state index in [1.54, 1.807) is 27.7 Å². The van der Waals surface area contributed by atoms with Gasteiger partial charge in [-0.1, -0.05) is 13.8 Å². The maximum Gasteiger partial charge on any atom is 0.355 e. The molecule has 0 atom stereocenters. The van der Waals surface area contributed by atoms with Crippen LogP contribution in [0.1, 0.15) is 38.2 Å². The van der Waals surface area contributed by atoms with Crippen LogP contribution < -0.4 is 0 Å². The molecule has 1 rings (SSSR count). The van der Waals surface area contributed by atoms with E-state index in [1.807, 2.05) is 0 Å². The predicted octanol–water partition coefficient (Wildman–Crippen LogP) is 1.61. The summed E-state index contributed by atoms with van der Waals surface area (Å²) in [7, 11) is -3.55. The van der Waals surface area contributed by atoms with Crippen LogP contribution >= 0.6 is 0 Å². The fraction of sp³-hybridized carbons (Fsp3) is 0.583. The van der Waals surface area contributed by atoms with Crippen molar-refractivity contribution < 1.29 is 17.9 Å². The molecule has 0 fully saturated rings. The van der Waals surface area contributed by atoms with Gasteiger partial charge in [-0.05, 0) is 19.9 Å². The van der Waals surface area contributed by atoms with E-state index in [2.05, 4.69) is 4.98 Å². The van der Waals surface area contributed by atoms with Crippen LogP contribution in [0, 0.1) is 0 Å². The van der Waals surface area contributed by atoms with Crippen LogP contribution in [0.15, 0.2) is 17.2 Å². The lowest BCUT2D eigenvalue weighted by molar-refractivity contribution is 0.0371. The second-order valence-electron chi connectivity index (χ2n) is 4.29. The van der Waals surface area contributed by atoms with Crippen LogP contribution in [-0.2, 0) is 14.8 Å². The number of ether oxygens (including phenoxy) is 1. The van der Waals surface area contributed by atoms with Crippen molar-refractivity contribution in [3.8, 4) is 0 Å². The average Bonchev–Trinajstić information content (AvgIpc) is 2.79. The number of carbonyl (C=O) groups is 1. The van der Waals surface area contributed by atoms with Gasteiger partial charge >= 0.3 is 5.97 Å². The quantitative estimate of drug-likeness (QED) is 0.807. The summed E-state index contributed by atoms with van der Waals surface area (Å²) in [4.78, 5) is 14.4. The average molecular weight is 288 g/mol. The highest BCUT2D eigenvalue weighted by atomic mass is 32.2. The highest BCUT2D eigenvalue weighted by molar-refractivity contribution is 7.89. The Kier molecular flexibility index (Phi) is 5.13. The van der Waals surface area contributed by atoms with Crippen LogP contribution in [0.5, 0.6) is 0 Å². The van der Waals surface area contributed by atoms with Crippen molar-refractivity contribution in [1.29, 1.82) is 0 Å². The Hall–Kier alpha value is -1.34. The van der Waals surface area contributed by atoms with E-state index in [1.165, 1.54) is 16.6 Å². The Morgan fingerprint density at radius 1 is 1.37 bits per heavy atom. The molecule has 0 saturated carbocycles. The van der Waals surface area contributed by atoms with Gasteiger partial charge in [0.15, 0.2) is 0 Å². The van der Waals surface area contributed by atoms with Crippen molar-refractivity contribution in [3.05, 3.63) is 18.0 Å². The van der Waals surface area contributed by atoms with Gasteiger partial charge in [-0.25, -0.2) is 13.2 Å². The van der Waals surface area contributed by atoms with E-state index in [9.17, 15) is 13.2 Å². The van der Waals surface area contributed by atoms with Gasteiger partial charge in [-0.2, -0.15) is 4.31 Å². The molecule has 0 radical (unpaired) electrons. The molecule has 1 aromatic rings.